The first-order valence-electron chi connectivity index (χ1n) is 30.3. The molecule has 2 aliphatic heterocycles. The number of thiophene rings is 1. The summed E-state index contributed by atoms with van der Waals surface area (Å²) in [5, 5.41) is 3.47. The standard InChI is InChI=1S/C80H68BN3OS/c1-78(2,3)55-33-37-58(38-34-55)82(67-31-21-19-29-61(67)52-25-15-11-16-26-52)60-39-41-66-69(50-60)84(68-42-35-56(79(4,5)6)47-63(68)53-27-17-12-18-28-53)71-46-54(51-23-13-10-14-24-51)45-70-75(71)81(66)77-76(65-48-57(80(7,8)9)36-44-74(65)86-77)83(70)59-40-43-73-64(49-59)62-30-20-22-32-72(62)85-73/h10-50H,1-9H3. The number of anilines is 9. The lowest BCUT2D eigenvalue weighted by molar-refractivity contribution is 0.590. The number of hydrogen-bond acceptors (Lipinski definition) is 5. The predicted molar refractivity (Wildman–Crippen MR) is 370 cm³/mol. The van der Waals surface area contributed by atoms with E-state index in [1.165, 1.54) is 64.9 Å². The van der Waals surface area contributed by atoms with E-state index in [2.05, 4.69) is 326 Å². The van der Waals surface area contributed by atoms with Crippen LogP contribution in [0.4, 0.5) is 51.2 Å². The quantitative estimate of drug-likeness (QED) is 0.141. The summed E-state index contributed by atoms with van der Waals surface area (Å²) in [6, 6.07) is 93.2. The van der Waals surface area contributed by atoms with Crippen molar-refractivity contribution in [1.29, 1.82) is 0 Å². The van der Waals surface area contributed by atoms with Crippen LogP contribution in [0.3, 0.4) is 0 Å². The third kappa shape index (κ3) is 8.95. The van der Waals surface area contributed by atoms with Crippen LogP contribution in [0, 0.1) is 0 Å². The molecule has 4 heterocycles. The summed E-state index contributed by atoms with van der Waals surface area (Å²) >= 11 is 1.95. The van der Waals surface area contributed by atoms with E-state index < -0.39 is 0 Å². The van der Waals surface area contributed by atoms with Gasteiger partial charge in [0.05, 0.1) is 17.1 Å². The maximum Gasteiger partial charge on any atom is 0.264 e. The van der Waals surface area contributed by atoms with Crippen LogP contribution in [0.1, 0.15) is 79.0 Å². The fourth-order valence-electron chi connectivity index (χ4n) is 13.4. The summed E-state index contributed by atoms with van der Waals surface area (Å²) in [7, 11) is 0. The average Bonchev–Trinajstić information content (AvgIpc) is 1.24. The van der Waals surface area contributed by atoms with Crippen LogP contribution in [-0.4, -0.2) is 6.71 Å². The Balaban J connectivity index is 1.08. The molecule has 86 heavy (non-hydrogen) atoms. The Morgan fingerprint density at radius 2 is 0.953 bits per heavy atom. The fraction of sp³-hybridized carbons (Fsp3) is 0.150. The van der Waals surface area contributed by atoms with E-state index in [-0.39, 0.29) is 23.0 Å². The minimum Gasteiger partial charge on any atom is -0.456 e. The van der Waals surface area contributed by atoms with E-state index in [0.717, 1.165) is 84.1 Å². The molecule has 0 fully saturated rings. The first-order valence-corrected chi connectivity index (χ1v) is 31.1. The van der Waals surface area contributed by atoms with Gasteiger partial charge >= 0.3 is 0 Å². The minimum atomic E-state index is -0.129. The van der Waals surface area contributed by atoms with Crippen molar-refractivity contribution in [3.8, 4) is 33.4 Å². The number of fused-ring (bicyclic) bond motifs is 9. The second kappa shape index (κ2) is 20.1. The molecule has 4 nitrogen and oxygen atoms in total. The van der Waals surface area contributed by atoms with Crippen LogP contribution in [-0.2, 0) is 16.2 Å². The van der Waals surface area contributed by atoms with E-state index in [1.54, 1.807) is 0 Å². The van der Waals surface area contributed by atoms with Gasteiger partial charge in [-0.05, 0) is 157 Å². The lowest BCUT2D eigenvalue weighted by Gasteiger charge is -2.44. The van der Waals surface area contributed by atoms with E-state index in [9.17, 15) is 0 Å². The van der Waals surface area contributed by atoms with Crippen molar-refractivity contribution in [1.82, 2.24) is 0 Å². The van der Waals surface area contributed by atoms with Crippen molar-refractivity contribution in [2.24, 2.45) is 0 Å². The van der Waals surface area contributed by atoms with Gasteiger partial charge in [-0.2, -0.15) is 0 Å². The molecule has 0 radical (unpaired) electrons. The van der Waals surface area contributed by atoms with E-state index in [1.807, 2.05) is 11.3 Å². The van der Waals surface area contributed by atoms with E-state index in [0.29, 0.717) is 0 Å². The highest BCUT2D eigenvalue weighted by atomic mass is 32.1. The minimum absolute atomic E-state index is 0.0167. The summed E-state index contributed by atoms with van der Waals surface area (Å²) < 4.78 is 9.16. The highest BCUT2D eigenvalue weighted by molar-refractivity contribution is 7.33. The smallest absolute Gasteiger partial charge is 0.264 e. The van der Waals surface area contributed by atoms with E-state index in [4.69, 9.17) is 4.42 Å². The highest BCUT2D eigenvalue weighted by Crippen LogP contribution is 2.53. The molecule has 2 aromatic heterocycles. The van der Waals surface area contributed by atoms with Crippen LogP contribution in [0.2, 0.25) is 0 Å². The summed E-state index contributed by atoms with van der Waals surface area (Å²) in [5.41, 5.74) is 25.1. The molecule has 6 heteroatoms. The molecular weight excluding hydrogens is 1060 g/mol. The number of furan rings is 1. The monoisotopic (exact) mass is 1130 g/mol. The Kier molecular flexibility index (Phi) is 12.5. The van der Waals surface area contributed by atoms with E-state index >= 15 is 0 Å². The molecule has 0 saturated carbocycles. The molecular formula is C80H68BN3OS. The largest absolute Gasteiger partial charge is 0.456 e. The lowest BCUT2D eigenvalue weighted by atomic mass is 9.36. The summed E-state index contributed by atoms with van der Waals surface area (Å²) in [5.74, 6) is 0. The predicted octanol–water partition coefficient (Wildman–Crippen LogP) is 21.2. The normalized spacial score (nSPS) is 13.1. The van der Waals surface area contributed by atoms with Gasteiger partial charge in [-0.25, -0.2) is 0 Å². The molecule has 0 spiro atoms. The summed E-state index contributed by atoms with van der Waals surface area (Å²) in [6.45, 7) is 20.7. The number of nitrogens with zero attached hydrogens (tertiary/aromatic N) is 3. The number of hydrogen-bond donors (Lipinski definition) is 0. The molecule has 418 valence electrons. The van der Waals surface area contributed by atoms with Gasteiger partial charge in [0.1, 0.15) is 11.2 Å². The van der Waals surface area contributed by atoms with Crippen molar-refractivity contribution in [2.75, 3.05) is 14.7 Å². The van der Waals surface area contributed by atoms with Crippen LogP contribution in [0.15, 0.2) is 253 Å². The molecule has 0 amide bonds. The molecule has 0 unspecified atom stereocenters. The number of rotatable bonds is 8. The molecule has 0 bridgehead atoms. The SMILES string of the molecule is CC(C)(C)c1ccc(N(c2ccc3c(c2)N(c2ccc(C(C)(C)C)cc2-c2ccccc2)c2cc(-c4ccccc4)cc4c2B3c2sc3ccc(C(C)(C)C)cc3c2N4c2ccc3oc4ccccc4c3c2)c2ccccc2-c2ccccc2)cc1. The molecule has 13 aromatic rings. The number of benzene rings is 11. The fourth-order valence-corrected chi connectivity index (χ4v) is 14.7. The van der Waals surface area contributed by atoms with Crippen molar-refractivity contribution >= 4 is 117 Å². The maximum absolute atomic E-state index is 6.56. The Bertz CT molecular complexity index is 4770. The van der Waals surface area contributed by atoms with Gasteiger partial charge in [-0.3, -0.25) is 0 Å². The zero-order valence-corrected chi connectivity index (χ0v) is 51.2. The van der Waals surface area contributed by atoms with Gasteiger partial charge in [0.2, 0.25) is 0 Å². The van der Waals surface area contributed by atoms with Crippen LogP contribution < -0.4 is 30.4 Å². The lowest BCUT2D eigenvalue weighted by Crippen LogP contribution is -2.60. The summed E-state index contributed by atoms with van der Waals surface area (Å²) in [6.07, 6.45) is 0. The Hall–Kier alpha value is -9.36. The van der Waals surface area contributed by atoms with Gasteiger partial charge in [-0.15, -0.1) is 11.3 Å². The van der Waals surface area contributed by atoms with Crippen molar-refractivity contribution in [3.05, 3.63) is 265 Å². The first kappa shape index (κ1) is 53.4. The molecule has 2 aliphatic rings. The topological polar surface area (TPSA) is 22.9 Å². The Morgan fingerprint density at radius 1 is 0.384 bits per heavy atom. The zero-order valence-electron chi connectivity index (χ0n) is 50.4. The molecule has 11 aromatic carbocycles. The van der Waals surface area contributed by atoms with Gasteiger partial charge in [-0.1, -0.05) is 220 Å². The van der Waals surface area contributed by atoms with Crippen molar-refractivity contribution in [2.45, 2.75) is 78.6 Å². The maximum atomic E-state index is 6.56. The highest BCUT2D eigenvalue weighted by Gasteiger charge is 2.46. The second-order valence-electron chi connectivity index (χ2n) is 26.6. The van der Waals surface area contributed by atoms with Crippen LogP contribution >= 0.6 is 11.3 Å². The van der Waals surface area contributed by atoms with Crippen LogP contribution in [0.5, 0.6) is 0 Å². The molecule has 0 atom stereocenters. The van der Waals surface area contributed by atoms with Gasteiger partial charge in [0, 0.05) is 70.9 Å². The molecule has 0 N–H and O–H groups in total. The molecule has 15 rings (SSSR count). The average molecular weight is 1130 g/mol. The first-order chi connectivity index (χ1) is 41.5. The molecule has 0 aliphatic carbocycles. The van der Waals surface area contributed by atoms with Crippen LogP contribution in [0.25, 0.3) is 65.4 Å². The zero-order chi connectivity index (χ0) is 58.8. The Labute approximate surface area is 510 Å². The second-order valence-corrected chi connectivity index (χ2v) is 27.6. The van der Waals surface area contributed by atoms with Gasteiger partial charge < -0.3 is 19.1 Å². The van der Waals surface area contributed by atoms with Crippen molar-refractivity contribution < 1.29 is 4.42 Å². The third-order valence-corrected chi connectivity index (χ3v) is 19.1. The third-order valence-electron chi connectivity index (χ3n) is 17.9. The van der Waals surface area contributed by atoms with Gasteiger partial charge in [0.15, 0.2) is 0 Å². The van der Waals surface area contributed by atoms with Crippen molar-refractivity contribution in [3.63, 3.8) is 0 Å². The van der Waals surface area contributed by atoms with Gasteiger partial charge in [0.25, 0.3) is 6.71 Å². The molecule has 0 saturated heterocycles. The summed E-state index contributed by atoms with van der Waals surface area (Å²) in [4.78, 5) is 7.75. The Morgan fingerprint density at radius 3 is 1.65 bits per heavy atom. The number of para-hydroxylation sites is 2.